The molecule has 1 saturated carbocycles. The summed E-state index contributed by atoms with van der Waals surface area (Å²) in [5, 5.41) is 7.54. The van der Waals surface area contributed by atoms with Crippen LogP contribution in [-0.2, 0) is 0 Å². The first kappa shape index (κ1) is 16.4. The minimum absolute atomic E-state index is 0.160. The number of nitrogens with zero attached hydrogens (tertiary/aromatic N) is 5. The summed E-state index contributed by atoms with van der Waals surface area (Å²) in [5.41, 5.74) is 2.20. The second kappa shape index (κ2) is 7.07. The predicted molar refractivity (Wildman–Crippen MR) is 93.3 cm³/mol. The Balaban J connectivity index is 1.34. The van der Waals surface area contributed by atoms with Crippen molar-refractivity contribution < 1.29 is 9.21 Å². The predicted octanol–water partition coefficient (Wildman–Crippen LogP) is 2.55. The molecule has 0 radical (unpaired) electrons. The van der Waals surface area contributed by atoms with Crippen LogP contribution >= 0.6 is 0 Å². The van der Waals surface area contributed by atoms with Crippen LogP contribution in [0.15, 0.2) is 41.7 Å². The smallest absolute Gasteiger partial charge is 0.273 e. The van der Waals surface area contributed by atoms with Crippen LogP contribution < -0.4 is 5.32 Å². The number of amides is 1. The lowest BCUT2D eigenvalue weighted by Crippen LogP contribution is -2.38. The molecule has 0 aliphatic heterocycles. The summed E-state index contributed by atoms with van der Waals surface area (Å²) in [5.74, 6) is 0.326. The average molecular weight is 352 g/mol. The number of hydrogen-bond donors (Lipinski definition) is 1. The molecular formula is C18H20N6O2. The van der Waals surface area contributed by atoms with Crippen molar-refractivity contribution in [3.8, 4) is 11.3 Å². The van der Waals surface area contributed by atoms with Gasteiger partial charge >= 0.3 is 0 Å². The highest BCUT2D eigenvalue weighted by atomic mass is 16.3. The average Bonchev–Trinajstić information content (AvgIpc) is 3.32. The number of aryl methyl sites for hydroxylation is 1. The van der Waals surface area contributed by atoms with Gasteiger partial charge in [0.15, 0.2) is 11.6 Å². The molecule has 1 aliphatic carbocycles. The summed E-state index contributed by atoms with van der Waals surface area (Å²) in [4.78, 5) is 24.4. The monoisotopic (exact) mass is 352 g/mol. The van der Waals surface area contributed by atoms with Crippen LogP contribution in [0.4, 0.5) is 0 Å². The first-order valence-corrected chi connectivity index (χ1v) is 8.72. The number of carbonyl (C=O) groups is 1. The summed E-state index contributed by atoms with van der Waals surface area (Å²) in [7, 11) is 0. The summed E-state index contributed by atoms with van der Waals surface area (Å²) in [6.45, 7) is 1.72. The Morgan fingerprint density at radius 3 is 2.85 bits per heavy atom. The zero-order valence-electron chi connectivity index (χ0n) is 14.5. The van der Waals surface area contributed by atoms with Gasteiger partial charge in [-0.1, -0.05) is 0 Å². The topological polar surface area (TPSA) is 98.7 Å². The van der Waals surface area contributed by atoms with E-state index in [1.807, 2.05) is 23.1 Å². The molecule has 1 N–H and O–H groups in total. The maximum Gasteiger partial charge on any atom is 0.273 e. The van der Waals surface area contributed by atoms with Gasteiger partial charge in [0, 0.05) is 30.9 Å². The molecule has 0 unspecified atom stereocenters. The maximum atomic E-state index is 12.2. The fourth-order valence-corrected chi connectivity index (χ4v) is 3.34. The second-order valence-electron chi connectivity index (χ2n) is 6.53. The van der Waals surface area contributed by atoms with Gasteiger partial charge in [-0.3, -0.25) is 9.48 Å². The summed E-state index contributed by atoms with van der Waals surface area (Å²) < 4.78 is 7.11. The zero-order chi connectivity index (χ0) is 17.9. The van der Waals surface area contributed by atoms with Gasteiger partial charge in [-0.05, 0) is 31.7 Å². The van der Waals surface area contributed by atoms with E-state index in [0.717, 1.165) is 36.9 Å². The Morgan fingerprint density at radius 1 is 1.31 bits per heavy atom. The normalized spacial score (nSPS) is 20.0. The third-order valence-electron chi connectivity index (χ3n) is 4.74. The molecule has 1 fully saturated rings. The lowest BCUT2D eigenvalue weighted by molar-refractivity contribution is 0.0916. The third kappa shape index (κ3) is 3.49. The van der Waals surface area contributed by atoms with E-state index >= 15 is 0 Å². The number of nitrogens with one attached hydrogen (secondary N) is 1. The fourth-order valence-electron chi connectivity index (χ4n) is 3.34. The van der Waals surface area contributed by atoms with Crippen molar-refractivity contribution in [3.05, 3.63) is 48.8 Å². The van der Waals surface area contributed by atoms with Gasteiger partial charge in [0.1, 0.15) is 12.6 Å². The minimum atomic E-state index is -0.171. The van der Waals surface area contributed by atoms with Crippen molar-refractivity contribution in [2.75, 3.05) is 0 Å². The van der Waals surface area contributed by atoms with Crippen LogP contribution in [0, 0.1) is 6.92 Å². The van der Waals surface area contributed by atoms with Crippen LogP contribution in [0.5, 0.6) is 0 Å². The molecule has 3 heterocycles. The van der Waals surface area contributed by atoms with Crippen LogP contribution in [0.1, 0.15) is 48.1 Å². The minimum Gasteiger partial charge on any atom is -0.448 e. The zero-order valence-corrected chi connectivity index (χ0v) is 14.5. The molecule has 1 aliphatic rings. The summed E-state index contributed by atoms with van der Waals surface area (Å²) in [6.07, 6.45) is 12.3. The summed E-state index contributed by atoms with van der Waals surface area (Å²) in [6, 6.07) is 2.38. The van der Waals surface area contributed by atoms with E-state index in [1.54, 1.807) is 13.1 Å². The summed E-state index contributed by atoms with van der Waals surface area (Å²) >= 11 is 0. The van der Waals surface area contributed by atoms with Crippen molar-refractivity contribution in [1.29, 1.82) is 0 Å². The molecule has 134 valence electrons. The fraction of sp³-hybridized carbons (Fsp3) is 0.389. The van der Waals surface area contributed by atoms with Gasteiger partial charge < -0.3 is 9.73 Å². The Labute approximate surface area is 150 Å². The van der Waals surface area contributed by atoms with Crippen LogP contribution in [-0.4, -0.2) is 36.7 Å². The number of carbonyl (C=O) groups excluding carboxylic acids is 1. The number of oxazole rings is 1. The molecule has 8 nitrogen and oxygen atoms in total. The number of rotatable bonds is 4. The molecule has 0 aromatic carbocycles. The number of hydrogen-bond acceptors (Lipinski definition) is 6. The third-order valence-corrected chi connectivity index (χ3v) is 4.74. The van der Waals surface area contributed by atoms with E-state index < -0.39 is 0 Å². The van der Waals surface area contributed by atoms with Crippen molar-refractivity contribution >= 4 is 5.91 Å². The van der Waals surface area contributed by atoms with Gasteiger partial charge in [-0.15, -0.1) is 0 Å². The number of aromatic nitrogens is 5. The van der Waals surface area contributed by atoms with Gasteiger partial charge in [-0.25, -0.2) is 15.0 Å². The maximum absolute atomic E-state index is 12.2. The van der Waals surface area contributed by atoms with Crippen LogP contribution in [0.3, 0.4) is 0 Å². The lowest BCUT2D eigenvalue weighted by atomic mass is 9.91. The van der Waals surface area contributed by atoms with E-state index in [9.17, 15) is 4.79 Å². The lowest BCUT2D eigenvalue weighted by Gasteiger charge is -2.29. The Bertz CT molecular complexity index is 880. The molecule has 8 heteroatoms. The highest BCUT2D eigenvalue weighted by molar-refractivity contribution is 5.92. The molecule has 0 atom stereocenters. The van der Waals surface area contributed by atoms with Gasteiger partial charge in [0.2, 0.25) is 0 Å². The molecule has 3 aromatic rings. The van der Waals surface area contributed by atoms with Crippen molar-refractivity contribution in [2.45, 2.75) is 44.7 Å². The molecular weight excluding hydrogens is 332 g/mol. The Morgan fingerprint density at radius 2 is 2.15 bits per heavy atom. The van der Waals surface area contributed by atoms with E-state index in [2.05, 4.69) is 25.4 Å². The Hall–Kier alpha value is -3.03. The SMILES string of the molecule is Cc1nc(C(=O)NC2CCC(n3cc(-c4ccncn4)cn3)CC2)co1. The van der Waals surface area contributed by atoms with Gasteiger partial charge in [-0.2, -0.15) is 5.10 Å². The molecule has 0 saturated heterocycles. The van der Waals surface area contributed by atoms with Crippen molar-refractivity contribution in [2.24, 2.45) is 0 Å². The first-order chi connectivity index (χ1) is 12.7. The van der Waals surface area contributed by atoms with Crippen LogP contribution in [0.25, 0.3) is 11.3 Å². The van der Waals surface area contributed by atoms with E-state index in [-0.39, 0.29) is 11.9 Å². The van der Waals surface area contributed by atoms with E-state index in [1.165, 1.54) is 12.6 Å². The molecule has 0 spiro atoms. The molecule has 1 amide bonds. The van der Waals surface area contributed by atoms with Crippen LogP contribution in [0.2, 0.25) is 0 Å². The molecule has 0 bridgehead atoms. The molecule has 4 rings (SSSR count). The van der Waals surface area contributed by atoms with Crippen molar-refractivity contribution in [1.82, 2.24) is 30.0 Å². The largest absolute Gasteiger partial charge is 0.448 e. The van der Waals surface area contributed by atoms with Crippen molar-refractivity contribution in [3.63, 3.8) is 0 Å². The standard InChI is InChI=1S/C18H20N6O2/c1-12-22-17(10-26-12)18(25)23-14-2-4-15(5-3-14)24-9-13(8-21-24)16-6-7-19-11-20-16/h6-11,14-15H,2-5H2,1H3,(H,23,25). The van der Waals surface area contributed by atoms with E-state index in [4.69, 9.17) is 4.42 Å². The van der Waals surface area contributed by atoms with E-state index in [0.29, 0.717) is 17.6 Å². The Kier molecular flexibility index (Phi) is 4.47. The molecule has 26 heavy (non-hydrogen) atoms. The quantitative estimate of drug-likeness (QED) is 0.775. The molecule has 3 aromatic heterocycles. The highest BCUT2D eigenvalue weighted by Crippen LogP contribution is 2.29. The van der Waals surface area contributed by atoms with Gasteiger partial charge in [0.25, 0.3) is 5.91 Å². The highest BCUT2D eigenvalue weighted by Gasteiger charge is 2.25. The first-order valence-electron chi connectivity index (χ1n) is 8.72. The van der Waals surface area contributed by atoms with Gasteiger partial charge in [0.05, 0.1) is 17.9 Å². The second-order valence-corrected chi connectivity index (χ2v) is 6.53.